The van der Waals surface area contributed by atoms with Crippen molar-refractivity contribution in [2.24, 2.45) is 0 Å². The Morgan fingerprint density at radius 2 is 2.64 bits per heavy atom. The standard InChI is InChI=1S/C7H13NO2S/c1-10-7(9)4-6-5-8-2-3-11-6/h6,8H,2-5H2,1H3. The van der Waals surface area contributed by atoms with E-state index in [0.717, 1.165) is 18.8 Å². The normalized spacial score (nSPS) is 24.6. The van der Waals surface area contributed by atoms with Gasteiger partial charge in [0.1, 0.15) is 0 Å². The predicted molar refractivity (Wildman–Crippen MR) is 45.7 cm³/mol. The molecule has 1 atom stereocenters. The molecule has 0 amide bonds. The lowest BCUT2D eigenvalue weighted by atomic mass is 10.3. The zero-order valence-electron chi connectivity index (χ0n) is 6.63. The number of methoxy groups -OCH3 is 1. The van der Waals surface area contributed by atoms with Crippen molar-refractivity contribution in [2.75, 3.05) is 26.0 Å². The van der Waals surface area contributed by atoms with Gasteiger partial charge in [0, 0.05) is 24.1 Å². The Morgan fingerprint density at radius 1 is 1.82 bits per heavy atom. The Labute approximate surface area is 70.9 Å². The molecule has 1 saturated heterocycles. The zero-order valence-corrected chi connectivity index (χ0v) is 7.45. The van der Waals surface area contributed by atoms with Crippen molar-refractivity contribution in [3.63, 3.8) is 0 Å². The second-order valence-corrected chi connectivity index (χ2v) is 3.89. The van der Waals surface area contributed by atoms with Gasteiger partial charge in [-0.15, -0.1) is 0 Å². The number of esters is 1. The van der Waals surface area contributed by atoms with Gasteiger partial charge in [-0.1, -0.05) is 0 Å². The highest BCUT2D eigenvalue weighted by atomic mass is 32.2. The van der Waals surface area contributed by atoms with Gasteiger partial charge >= 0.3 is 5.97 Å². The molecule has 1 aliphatic rings. The van der Waals surface area contributed by atoms with Crippen molar-refractivity contribution in [2.45, 2.75) is 11.7 Å². The molecule has 1 aliphatic heterocycles. The molecule has 3 nitrogen and oxygen atoms in total. The van der Waals surface area contributed by atoms with Gasteiger partial charge in [-0.2, -0.15) is 11.8 Å². The van der Waals surface area contributed by atoms with Crippen molar-refractivity contribution in [1.29, 1.82) is 0 Å². The third-order valence-electron chi connectivity index (χ3n) is 1.63. The molecule has 1 heterocycles. The van der Waals surface area contributed by atoms with E-state index in [4.69, 9.17) is 0 Å². The summed E-state index contributed by atoms with van der Waals surface area (Å²) in [6.45, 7) is 1.99. The second-order valence-electron chi connectivity index (χ2n) is 2.48. The molecule has 0 aromatic heterocycles. The van der Waals surface area contributed by atoms with Gasteiger partial charge in [-0.25, -0.2) is 0 Å². The summed E-state index contributed by atoms with van der Waals surface area (Å²) in [5.41, 5.74) is 0. The number of thioether (sulfide) groups is 1. The van der Waals surface area contributed by atoms with Gasteiger partial charge in [-0.05, 0) is 0 Å². The van der Waals surface area contributed by atoms with E-state index in [1.54, 1.807) is 0 Å². The van der Waals surface area contributed by atoms with E-state index in [1.165, 1.54) is 7.11 Å². The molecule has 0 radical (unpaired) electrons. The third-order valence-corrected chi connectivity index (χ3v) is 2.87. The van der Waals surface area contributed by atoms with Crippen LogP contribution in [0.3, 0.4) is 0 Å². The lowest BCUT2D eigenvalue weighted by Gasteiger charge is -2.20. The van der Waals surface area contributed by atoms with Crippen LogP contribution in [0.2, 0.25) is 0 Å². The summed E-state index contributed by atoms with van der Waals surface area (Å²) in [5, 5.41) is 3.65. The smallest absolute Gasteiger partial charge is 0.306 e. The van der Waals surface area contributed by atoms with E-state index in [2.05, 4.69) is 10.1 Å². The van der Waals surface area contributed by atoms with Crippen LogP contribution in [-0.2, 0) is 9.53 Å². The van der Waals surface area contributed by atoms with Crippen molar-refractivity contribution in [3.05, 3.63) is 0 Å². The highest BCUT2D eigenvalue weighted by molar-refractivity contribution is 8.00. The maximum Gasteiger partial charge on any atom is 0.306 e. The first-order chi connectivity index (χ1) is 5.33. The number of hydrogen-bond donors (Lipinski definition) is 1. The van der Waals surface area contributed by atoms with Crippen LogP contribution in [0.5, 0.6) is 0 Å². The van der Waals surface area contributed by atoms with E-state index >= 15 is 0 Å². The maximum absolute atomic E-state index is 10.8. The maximum atomic E-state index is 10.8. The minimum atomic E-state index is -0.105. The molecule has 0 saturated carbocycles. The van der Waals surface area contributed by atoms with E-state index in [9.17, 15) is 4.79 Å². The van der Waals surface area contributed by atoms with Crippen LogP contribution in [0.15, 0.2) is 0 Å². The summed E-state index contributed by atoms with van der Waals surface area (Å²) in [7, 11) is 1.43. The number of hydrogen-bond acceptors (Lipinski definition) is 4. The molecule has 1 rings (SSSR count). The molecule has 11 heavy (non-hydrogen) atoms. The van der Waals surface area contributed by atoms with E-state index in [0.29, 0.717) is 11.7 Å². The van der Waals surface area contributed by atoms with Crippen LogP contribution < -0.4 is 5.32 Å². The van der Waals surface area contributed by atoms with Crippen LogP contribution in [0.4, 0.5) is 0 Å². The zero-order chi connectivity index (χ0) is 8.10. The van der Waals surface area contributed by atoms with Crippen LogP contribution in [0.25, 0.3) is 0 Å². The molecule has 0 aliphatic carbocycles. The Morgan fingerprint density at radius 3 is 3.18 bits per heavy atom. The fourth-order valence-corrected chi connectivity index (χ4v) is 2.11. The SMILES string of the molecule is COC(=O)CC1CNCCS1. The van der Waals surface area contributed by atoms with Crippen LogP contribution >= 0.6 is 11.8 Å². The van der Waals surface area contributed by atoms with Crippen LogP contribution in [0, 0.1) is 0 Å². The average molecular weight is 175 g/mol. The largest absolute Gasteiger partial charge is 0.469 e. The summed E-state index contributed by atoms with van der Waals surface area (Å²) in [5.74, 6) is 0.993. The number of carbonyl (C=O) groups excluding carboxylic acids is 1. The first-order valence-corrected chi connectivity index (χ1v) is 4.77. The highest BCUT2D eigenvalue weighted by Crippen LogP contribution is 2.16. The van der Waals surface area contributed by atoms with E-state index in [1.807, 2.05) is 11.8 Å². The van der Waals surface area contributed by atoms with Crippen molar-refractivity contribution < 1.29 is 9.53 Å². The third kappa shape index (κ3) is 3.12. The number of rotatable bonds is 2. The van der Waals surface area contributed by atoms with Gasteiger partial charge in [0.25, 0.3) is 0 Å². The van der Waals surface area contributed by atoms with Gasteiger partial charge in [0.05, 0.1) is 13.5 Å². The summed E-state index contributed by atoms with van der Waals surface area (Å²) < 4.78 is 4.57. The molecule has 1 N–H and O–H groups in total. The Kier molecular flexibility index (Phi) is 3.72. The van der Waals surface area contributed by atoms with E-state index in [-0.39, 0.29) is 5.97 Å². The highest BCUT2D eigenvalue weighted by Gasteiger charge is 2.16. The average Bonchev–Trinajstić information content (AvgIpc) is 2.06. The number of carbonyl (C=O) groups is 1. The molecule has 0 bridgehead atoms. The predicted octanol–water partition coefficient (Wildman–Crippen LogP) is 0.255. The Bertz CT molecular complexity index is 134. The molecule has 0 aromatic rings. The minimum absolute atomic E-state index is 0.105. The van der Waals surface area contributed by atoms with Gasteiger partial charge in [0.2, 0.25) is 0 Å². The first kappa shape index (κ1) is 8.87. The quantitative estimate of drug-likeness (QED) is 0.611. The molecule has 0 spiro atoms. The molecule has 0 aromatic carbocycles. The number of nitrogens with one attached hydrogen (secondary N) is 1. The van der Waals surface area contributed by atoms with Crippen molar-refractivity contribution in [1.82, 2.24) is 5.32 Å². The summed E-state index contributed by atoms with van der Waals surface area (Å²) in [6, 6.07) is 0. The second kappa shape index (κ2) is 4.62. The van der Waals surface area contributed by atoms with Crippen molar-refractivity contribution in [3.8, 4) is 0 Å². The van der Waals surface area contributed by atoms with Gasteiger partial charge < -0.3 is 10.1 Å². The molecular formula is C7H13NO2S. The summed E-state index contributed by atoms with van der Waals surface area (Å²) in [4.78, 5) is 10.8. The molecule has 1 unspecified atom stereocenters. The molecule has 4 heteroatoms. The Hall–Kier alpha value is -0.220. The summed E-state index contributed by atoms with van der Waals surface area (Å²) in [6.07, 6.45) is 0.536. The lowest BCUT2D eigenvalue weighted by molar-refractivity contribution is -0.140. The lowest BCUT2D eigenvalue weighted by Crippen LogP contribution is -2.34. The molecule has 64 valence electrons. The Balaban J connectivity index is 2.19. The first-order valence-electron chi connectivity index (χ1n) is 3.72. The van der Waals surface area contributed by atoms with Crippen molar-refractivity contribution >= 4 is 17.7 Å². The van der Waals surface area contributed by atoms with Crippen LogP contribution in [0.1, 0.15) is 6.42 Å². The molecular weight excluding hydrogens is 162 g/mol. The van der Waals surface area contributed by atoms with Gasteiger partial charge in [-0.3, -0.25) is 4.79 Å². The fourth-order valence-electron chi connectivity index (χ4n) is 1.02. The minimum Gasteiger partial charge on any atom is -0.469 e. The monoisotopic (exact) mass is 175 g/mol. The summed E-state index contributed by atoms with van der Waals surface area (Å²) >= 11 is 1.84. The molecule has 1 fully saturated rings. The van der Waals surface area contributed by atoms with Gasteiger partial charge in [0.15, 0.2) is 0 Å². The topological polar surface area (TPSA) is 38.3 Å². The fraction of sp³-hybridized carbons (Fsp3) is 0.857. The van der Waals surface area contributed by atoms with E-state index < -0.39 is 0 Å². The van der Waals surface area contributed by atoms with Crippen LogP contribution in [-0.4, -0.2) is 37.2 Å². The number of ether oxygens (including phenoxy) is 1.